The first-order valence-corrected chi connectivity index (χ1v) is 6.15. The standard InChI is InChI=1S/C12H17N3O2/c1-17-10(7-2-3-7)11-14-9-6-13-5-4-8(9)12(16)15-11/h7,10,13H,2-6H2,1H3,(H,14,15,16). The average molecular weight is 235 g/mol. The second-order valence-electron chi connectivity index (χ2n) is 4.80. The molecule has 1 atom stereocenters. The molecule has 1 fully saturated rings. The van der Waals surface area contributed by atoms with Gasteiger partial charge >= 0.3 is 0 Å². The molecule has 2 N–H and O–H groups in total. The second kappa shape index (κ2) is 4.23. The highest BCUT2D eigenvalue weighted by atomic mass is 16.5. The number of ether oxygens (including phenoxy) is 1. The third kappa shape index (κ3) is 2.00. The minimum absolute atomic E-state index is 0.00852. The fourth-order valence-corrected chi connectivity index (χ4v) is 2.45. The van der Waals surface area contributed by atoms with Crippen molar-refractivity contribution in [1.82, 2.24) is 15.3 Å². The van der Waals surface area contributed by atoms with E-state index in [1.165, 1.54) is 0 Å². The molecular weight excluding hydrogens is 218 g/mol. The van der Waals surface area contributed by atoms with Gasteiger partial charge in [-0.25, -0.2) is 4.98 Å². The highest BCUT2D eigenvalue weighted by molar-refractivity contribution is 5.21. The lowest BCUT2D eigenvalue weighted by Gasteiger charge is -2.19. The molecule has 1 unspecified atom stereocenters. The van der Waals surface area contributed by atoms with Gasteiger partial charge in [0.05, 0.1) is 5.69 Å². The van der Waals surface area contributed by atoms with Gasteiger partial charge in [-0.1, -0.05) is 0 Å². The lowest BCUT2D eigenvalue weighted by Crippen LogP contribution is -2.32. The van der Waals surface area contributed by atoms with Crippen LogP contribution in [0.4, 0.5) is 0 Å². The summed E-state index contributed by atoms with van der Waals surface area (Å²) in [6.07, 6.45) is 3.05. The van der Waals surface area contributed by atoms with E-state index in [2.05, 4.69) is 15.3 Å². The maximum atomic E-state index is 12.0. The molecule has 0 saturated heterocycles. The van der Waals surface area contributed by atoms with Gasteiger partial charge in [-0.15, -0.1) is 0 Å². The Morgan fingerprint density at radius 2 is 2.29 bits per heavy atom. The highest BCUT2D eigenvalue weighted by Crippen LogP contribution is 2.41. The van der Waals surface area contributed by atoms with Gasteiger partial charge in [-0.3, -0.25) is 4.79 Å². The second-order valence-corrected chi connectivity index (χ2v) is 4.80. The van der Waals surface area contributed by atoms with Gasteiger partial charge in [0.25, 0.3) is 5.56 Å². The van der Waals surface area contributed by atoms with E-state index in [0.29, 0.717) is 18.3 Å². The quantitative estimate of drug-likeness (QED) is 0.801. The van der Waals surface area contributed by atoms with E-state index in [4.69, 9.17) is 4.74 Å². The Morgan fingerprint density at radius 1 is 1.47 bits per heavy atom. The Balaban J connectivity index is 2.00. The Morgan fingerprint density at radius 3 is 3.00 bits per heavy atom. The molecule has 17 heavy (non-hydrogen) atoms. The molecule has 3 rings (SSSR count). The normalized spacial score (nSPS) is 21.0. The van der Waals surface area contributed by atoms with Crippen LogP contribution in [0.1, 0.15) is 36.0 Å². The topological polar surface area (TPSA) is 67.0 Å². The summed E-state index contributed by atoms with van der Waals surface area (Å²) in [5, 5.41) is 3.24. The van der Waals surface area contributed by atoms with Crippen molar-refractivity contribution in [3.05, 3.63) is 27.4 Å². The third-order valence-electron chi connectivity index (χ3n) is 3.54. The van der Waals surface area contributed by atoms with E-state index in [1.807, 2.05) is 0 Å². The minimum atomic E-state index is -0.0464. The first-order chi connectivity index (χ1) is 8.29. The van der Waals surface area contributed by atoms with Gasteiger partial charge in [0.1, 0.15) is 11.9 Å². The molecule has 92 valence electrons. The van der Waals surface area contributed by atoms with Gasteiger partial charge in [-0.2, -0.15) is 0 Å². The van der Waals surface area contributed by atoms with Gasteiger partial charge in [0.15, 0.2) is 0 Å². The van der Waals surface area contributed by atoms with Crippen molar-refractivity contribution in [1.29, 1.82) is 0 Å². The summed E-state index contributed by atoms with van der Waals surface area (Å²) in [7, 11) is 1.68. The molecule has 0 bridgehead atoms. The van der Waals surface area contributed by atoms with Crippen molar-refractivity contribution >= 4 is 0 Å². The summed E-state index contributed by atoms with van der Waals surface area (Å²) in [5.41, 5.74) is 1.73. The first kappa shape index (κ1) is 10.9. The number of rotatable bonds is 3. The minimum Gasteiger partial charge on any atom is -0.373 e. The van der Waals surface area contributed by atoms with Crippen LogP contribution >= 0.6 is 0 Å². The molecule has 5 nitrogen and oxygen atoms in total. The van der Waals surface area contributed by atoms with E-state index in [1.54, 1.807) is 7.11 Å². The molecule has 2 heterocycles. The van der Waals surface area contributed by atoms with E-state index < -0.39 is 0 Å². The highest BCUT2D eigenvalue weighted by Gasteiger charge is 2.34. The van der Waals surface area contributed by atoms with Gasteiger partial charge in [0.2, 0.25) is 0 Å². The van der Waals surface area contributed by atoms with Crippen molar-refractivity contribution in [2.24, 2.45) is 5.92 Å². The number of hydrogen-bond acceptors (Lipinski definition) is 4. The molecule has 0 radical (unpaired) electrons. The molecule has 1 aromatic rings. The zero-order valence-electron chi connectivity index (χ0n) is 9.95. The van der Waals surface area contributed by atoms with E-state index in [-0.39, 0.29) is 11.7 Å². The first-order valence-electron chi connectivity index (χ1n) is 6.15. The van der Waals surface area contributed by atoms with Crippen LogP contribution in [0.5, 0.6) is 0 Å². The fourth-order valence-electron chi connectivity index (χ4n) is 2.45. The van der Waals surface area contributed by atoms with Crippen LogP contribution < -0.4 is 10.9 Å². The maximum absolute atomic E-state index is 12.0. The molecule has 0 aromatic carbocycles. The Hall–Kier alpha value is -1.20. The lowest BCUT2D eigenvalue weighted by molar-refractivity contribution is 0.0766. The van der Waals surface area contributed by atoms with Crippen LogP contribution in [-0.2, 0) is 17.7 Å². The number of nitrogens with zero attached hydrogens (tertiary/aromatic N) is 1. The number of fused-ring (bicyclic) bond motifs is 1. The van der Waals surface area contributed by atoms with E-state index in [0.717, 1.165) is 37.1 Å². The summed E-state index contributed by atoms with van der Waals surface area (Å²) < 4.78 is 5.45. The average Bonchev–Trinajstić information content (AvgIpc) is 3.15. The molecule has 0 spiro atoms. The number of nitrogens with one attached hydrogen (secondary N) is 2. The summed E-state index contributed by atoms with van der Waals surface area (Å²) in [4.78, 5) is 19.4. The molecule has 1 aromatic heterocycles. The number of methoxy groups -OCH3 is 1. The molecule has 1 aliphatic heterocycles. The van der Waals surface area contributed by atoms with Gasteiger partial charge in [0, 0.05) is 19.2 Å². The van der Waals surface area contributed by atoms with Gasteiger partial charge in [-0.05, 0) is 31.7 Å². The SMILES string of the molecule is COC(c1nc2c(c(=O)[nH]1)CCNC2)C1CC1. The predicted molar refractivity (Wildman–Crippen MR) is 62.7 cm³/mol. The van der Waals surface area contributed by atoms with Crippen LogP contribution in [0, 0.1) is 5.92 Å². The van der Waals surface area contributed by atoms with Crippen LogP contribution in [-0.4, -0.2) is 23.6 Å². The summed E-state index contributed by atoms with van der Waals surface area (Å²) in [6, 6.07) is 0. The van der Waals surface area contributed by atoms with Crippen molar-refractivity contribution < 1.29 is 4.74 Å². The van der Waals surface area contributed by atoms with Crippen molar-refractivity contribution in [2.75, 3.05) is 13.7 Å². The number of aromatic nitrogens is 2. The molecule has 2 aliphatic rings. The number of hydrogen-bond donors (Lipinski definition) is 2. The third-order valence-corrected chi connectivity index (χ3v) is 3.54. The Labute approximate surface area is 99.6 Å². The van der Waals surface area contributed by atoms with E-state index >= 15 is 0 Å². The summed E-state index contributed by atoms with van der Waals surface area (Å²) in [6.45, 7) is 1.54. The monoisotopic (exact) mass is 235 g/mol. The molecule has 5 heteroatoms. The largest absolute Gasteiger partial charge is 0.373 e. The van der Waals surface area contributed by atoms with E-state index in [9.17, 15) is 4.79 Å². The van der Waals surface area contributed by atoms with Crippen molar-refractivity contribution in [2.45, 2.75) is 31.9 Å². The predicted octanol–water partition coefficient (Wildman–Crippen LogP) is 0.513. The molecule has 0 amide bonds. The lowest BCUT2D eigenvalue weighted by atomic mass is 10.1. The summed E-state index contributed by atoms with van der Waals surface area (Å²) in [5.74, 6) is 1.22. The van der Waals surface area contributed by atoms with Crippen molar-refractivity contribution in [3.63, 3.8) is 0 Å². The number of H-pyrrole nitrogens is 1. The number of aromatic amines is 1. The smallest absolute Gasteiger partial charge is 0.254 e. The van der Waals surface area contributed by atoms with Crippen LogP contribution in [0.15, 0.2) is 4.79 Å². The Bertz CT molecular complexity index is 479. The Kier molecular flexibility index (Phi) is 2.72. The molecule has 1 saturated carbocycles. The van der Waals surface area contributed by atoms with Crippen molar-refractivity contribution in [3.8, 4) is 0 Å². The zero-order valence-corrected chi connectivity index (χ0v) is 9.95. The van der Waals surface area contributed by atoms with Crippen LogP contribution in [0.25, 0.3) is 0 Å². The van der Waals surface area contributed by atoms with Gasteiger partial charge < -0.3 is 15.0 Å². The van der Waals surface area contributed by atoms with Crippen LogP contribution in [0.2, 0.25) is 0 Å². The van der Waals surface area contributed by atoms with Crippen LogP contribution in [0.3, 0.4) is 0 Å². The zero-order chi connectivity index (χ0) is 11.8. The molecule has 1 aliphatic carbocycles. The maximum Gasteiger partial charge on any atom is 0.254 e. The molecular formula is C12H17N3O2. The fraction of sp³-hybridized carbons (Fsp3) is 0.667. The summed E-state index contributed by atoms with van der Waals surface area (Å²) >= 11 is 0.